The number of carbonyl (C=O) groups excluding carboxylic acids is 1. The number of esters is 1. The second-order valence-electron chi connectivity index (χ2n) is 4.79. The molecular formula is C15H21NO4. The molecule has 0 saturated carbocycles. The Hall–Kier alpha value is -1.59. The van der Waals surface area contributed by atoms with Crippen LogP contribution in [0.25, 0.3) is 0 Å². The van der Waals surface area contributed by atoms with E-state index in [0.717, 1.165) is 38.2 Å². The van der Waals surface area contributed by atoms with Crippen LogP contribution in [0.3, 0.4) is 0 Å². The van der Waals surface area contributed by atoms with E-state index < -0.39 is 0 Å². The average Bonchev–Trinajstić information content (AvgIpc) is 2.52. The maximum Gasteiger partial charge on any atom is 0.341 e. The summed E-state index contributed by atoms with van der Waals surface area (Å²) in [4.78, 5) is 11.6. The molecule has 20 heavy (non-hydrogen) atoms. The van der Waals surface area contributed by atoms with Crippen molar-refractivity contribution in [3.05, 3.63) is 29.3 Å². The summed E-state index contributed by atoms with van der Waals surface area (Å²) in [5.41, 5.74) is 1.53. The third-order valence-corrected chi connectivity index (χ3v) is 3.49. The largest absolute Gasteiger partial charge is 0.496 e. The molecule has 2 rings (SSSR count). The van der Waals surface area contributed by atoms with E-state index in [9.17, 15) is 4.79 Å². The summed E-state index contributed by atoms with van der Waals surface area (Å²) in [6, 6.07) is 6.03. The third kappa shape index (κ3) is 3.71. The van der Waals surface area contributed by atoms with Crippen LogP contribution in [0.2, 0.25) is 0 Å². The quantitative estimate of drug-likeness (QED) is 0.832. The molecule has 5 nitrogen and oxygen atoms in total. The Morgan fingerprint density at radius 3 is 2.75 bits per heavy atom. The Labute approximate surface area is 119 Å². The van der Waals surface area contributed by atoms with Gasteiger partial charge in [-0.05, 0) is 30.5 Å². The van der Waals surface area contributed by atoms with E-state index in [0.29, 0.717) is 17.4 Å². The van der Waals surface area contributed by atoms with Crippen LogP contribution >= 0.6 is 0 Å². The van der Waals surface area contributed by atoms with Crippen molar-refractivity contribution in [1.82, 2.24) is 5.32 Å². The van der Waals surface area contributed by atoms with Crippen molar-refractivity contribution in [3.63, 3.8) is 0 Å². The van der Waals surface area contributed by atoms with E-state index in [2.05, 4.69) is 5.32 Å². The van der Waals surface area contributed by atoms with Crippen molar-refractivity contribution in [1.29, 1.82) is 0 Å². The van der Waals surface area contributed by atoms with Crippen molar-refractivity contribution in [2.24, 2.45) is 0 Å². The highest BCUT2D eigenvalue weighted by atomic mass is 16.5. The zero-order valence-corrected chi connectivity index (χ0v) is 12.0. The Morgan fingerprint density at radius 1 is 1.35 bits per heavy atom. The van der Waals surface area contributed by atoms with Crippen LogP contribution in [-0.2, 0) is 16.0 Å². The summed E-state index contributed by atoms with van der Waals surface area (Å²) >= 11 is 0. The molecule has 1 aromatic carbocycles. The number of nitrogens with one attached hydrogen (secondary N) is 1. The third-order valence-electron chi connectivity index (χ3n) is 3.49. The summed E-state index contributed by atoms with van der Waals surface area (Å²) in [6.45, 7) is 2.40. The maximum atomic E-state index is 11.6. The molecule has 1 saturated heterocycles. The molecule has 0 spiro atoms. The van der Waals surface area contributed by atoms with Crippen LogP contribution in [0, 0.1) is 0 Å². The van der Waals surface area contributed by atoms with Crippen molar-refractivity contribution < 1.29 is 19.0 Å². The summed E-state index contributed by atoms with van der Waals surface area (Å²) in [7, 11) is 2.92. The van der Waals surface area contributed by atoms with Gasteiger partial charge in [0.05, 0.1) is 14.2 Å². The molecule has 0 unspecified atom stereocenters. The average molecular weight is 279 g/mol. The number of benzene rings is 1. The fraction of sp³-hybridized carbons (Fsp3) is 0.533. The van der Waals surface area contributed by atoms with Gasteiger partial charge in [-0.1, -0.05) is 6.07 Å². The molecular weight excluding hydrogens is 258 g/mol. The minimum Gasteiger partial charge on any atom is -0.496 e. The van der Waals surface area contributed by atoms with Crippen LogP contribution in [0.15, 0.2) is 18.2 Å². The SMILES string of the molecule is COC(=O)c1ccc(CNC2CCOCC2)cc1OC. The molecule has 1 aromatic rings. The highest BCUT2D eigenvalue weighted by Crippen LogP contribution is 2.21. The van der Waals surface area contributed by atoms with E-state index in [1.165, 1.54) is 7.11 Å². The fourth-order valence-electron chi connectivity index (χ4n) is 2.29. The van der Waals surface area contributed by atoms with E-state index in [4.69, 9.17) is 14.2 Å². The van der Waals surface area contributed by atoms with Gasteiger partial charge < -0.3 is 19.5 Å². The topological polar surface area (TPSA) is 56.8 Å². The Balaban J connectivity index is 1.99. The zero-order valence-electron chi connectivity index (χ0n) is 12.0. The van der Waals surface area contributed by atoms with Gasteiger partial charge in [0, 0.05) is 25.8 Å². The van der Waals surface area contributed by atoms with Crippen molar-refractivity contribution in [3.8, 4) is 5.75 Å². The van der Waals surface area contributed by atoms with Gasteiger partial charge in [-0.25, -0.2) is 4.79 Å². The van der Waals surface area contributed by atoms with Gasteiger partial charge in [0.25, 0.3) is 0 Å². The lowest BCUT2D eigenvalue weighted by Crippen LogP contribution is -2.34. The first-order valence-electron chi connectivity index (χ1n) is 6.81. The highest BCUT2D eigenvalue weighted by Gasteiger charge is 2.15. The number of methoxy groups -OCH3 is 2. The maximum absolute atomic E-state index is 11.6. The summed E-state index contributed by atoms with van der Waals surface area (Å²) < 4.78 is 15.3. The zero-order chi connectivity index (χ0) is 14.4. The molecule has 110 valence electrons. The number of rotatable bonds is 5. The summed E-state index contributed by atoms with van der Waals surface area (Å²) in [6.07, 6.45) is 2.08. The number of hydrogen-bond donors (Lipinski definition) is 1. The van der Waals surface area contributed by atoms with Crippen LogP contribution in [0.1, 0.15) is 28.8 Å². The first kappa shape index (κ1) is 14.8. The van der Waals surface area contributed by atoms with Gasteiger partial charge in [-0.2, -0.15) is 0 Å². The molecule has 1 fully saturated rings. The molecule has 1 N–H and O–H groups in total. The molecule has 1 aliphatic heterocycles. The van der Waals surface area contributed by atoms with Gasteiger partial charge in [0.15, 0.2) is 0 Å². The Morgan fingerprint density at radius 2 is 2.10 bits per heavy atom. The monoisotopic (exact) mass is 279 g/mol. The molecule has 0 aliphatic carbocycles. The van der Waals surface area contributed by atoms with Crippen LogP contribution in [0.4, 0.5) is 0 Å². The predicted molar refractivity (Wildman–Crippen MR) is 75.0 cm³/mol. The number of carbonyl (C=O) groups is 1. The van der Waals surface area contributed by atoms with Crippen molar-refractivity contribution in [2.75, 3.05) is 27.4 Å². The fourth-order valence-corrected chi connectivity index (χ4v) is 2.29. The predicted octanol–water partition coefficient (Wildman–Crippen LogP) is 1.75. The molecule has 0 radical (unpaired) electrons. The minimum absolute atomic E-state index is 0.384. The lowest BCUT2D eigenvalue weighted by atomic mass is 10.1. The summed E-state index contributed by atoms with van der Waals surface area (Å²) in [5, 5.41) is 3.50. The van der Waals surface area contributed by atoms with Crippen LogP contribution in [-0.4, -0.2) is 39.4 Å². The van der Waals surface area contributed by atoms with Crippen molar-refractivity contribution in [2.45, 2.75) is 25.4 Å². The summed E-state index contributed by atoms with van der Waals surface area (Å²) in [5.74, 6) is 0.161. The lowest BCUT2D eigenvalue weighted by Gasteiger charge is -2.23. The molecule has 0 amide bonds. The normalized spacial score (nSPS) is 15.9. The molecule has 1 heterocycles. The standard InChI is InChI=1S/C15H21NO4/c1-18-14-9-11(3-4-13(14)15(17)19-2)10-16-12-5-7-20-8-6-12/h3-4,9,12,16H,5-8,10H2,1-2H3. The van der Waals surface area contributed by atoms with Gasteiger partial charge in [-0.15, -0.1) is 0 Å². The minimum atomic E-state index is -0.384. The van der Waals surface area contributed by atoms with E-state index in [1.807, 2.05) is 12.1 Å². The molecule has 0 bridgehead atoms. The van der Waals surface area contributed by atoms with E-state index in [1.54, 1.807) is 13.2 Å². The molecule has 0 atom stereocenters. The van der Waals surface area contributed by atoms with E-state index >= 15 is 0 Å². The molecule has 1 aliphatic rings. The first-order valence-corrected chi connectivity index (χ1v) is 6.81. The highest BCUT2D eigenvalue weighted by molar-refractivity contribution is 5.92. The van der Waals surface area contributed by atoms with Crippen LogP contribution in [0.5, 0.6) is 5.75 Å². The van der Waals surface area contributed by atoms with Gasteiger partial charge in [-0.3, -0.25) is 0 Å². The van der Waals surface area contributed by atoms with Gasteiger partial charge in [0.2, 0.25) is 0 Å². The van der Waals surface area contributed by atoms with Gasteiger partial charge in [0.1, 0.15) is 11.3 Å². The molecule has 0 aromatic heterocycles. The van der Waals surface area contributed by atoms with Crippen LogP contribution < -0.4 is 10.1 Å². The molecule has 5 heteroatoms. The number of hydrogen-bond acceptors (Lipinski definition) is 5. The second kappa shape index (κ2) is 7.26. The Bertz CT molecular complexity index is 455. The van der Waals surface area contributed by atoms with E-state index in [-0.39, 0.29) is 5.97 Å². The first-order chi connectivity index (χ1) is 9.74. The Kier molecular flexibility index (Phi) is 5.38. The number of ether oxygens (including phenoxy) is 3. The van der Waals surface area contributed by atoms with Crippen molar-refractivity contribution >= 4 is 5.97 Å². The second-order valence-corrected chi connectivity index (χ2v) is 4.79. The smallest absolute Gasteiger partial charge is 0.341 e. The van der Waals surface area contributed by atoms with Gasteiger partial charge >= 0.3 is 5.97 Å². The lowest BCUT2D eigenvalue weighted by molar-refractivity contribution is 0.0597.